The number of sulfonamides is 1. The predicted molar refractivity (Wildman–Crippen MR) is 77.6 cm³/mol. The van der Waals surface area contributed by atoms with Gasteiger partial charge in [-0.25, -0.2) is 13.2 Å². The number of carbonyl (C=O) groups is 1. The van der Waals surface area contributed by atoms with Crippen molar-refractivity contribution >= 4 is 27.0 Å². The Morgan fingerprint density at radius 3 is 2.82 bits per heavy atom. The summed E-state index contributed by atoms with van der Waals surface area (Å²) in [6.45, 7) is 0.243. The predicted octanol–water partition coefficient (Wildman–Crippen LogP) is -0.230. The van der Waals surface area contributed by atoms with E-state index in [2.05, 4.69) is 0 Å². The molecule has 9 heteroatoms. The van der Waals surface area contributed by atoms with Crippen molar-refractivity contribution in [1.29, 1.82) is 0 Å². The summed E-state index contributed by atoms with van der Waals surface area (Å²) >= 11 is 0. The van der Waals surface area contributed by atoms with Crippen molar-refractivity contribution in [3.8, 4) is 0 Å². The maximum absolute atomic E-state index is 12.7. The van der Waals surface area contributed by atoms with Gasteiger partial charge in [-0.05, 0) is 25.0 Å². The van der Waals surface area contributed by atoms with E-state index in [9.17, 15) is 18.0 Å². The van der Waals surface area contributed by atoms with E-state index in [1.165, 1.54) is 29.8 Å². The molecule has 0 spiro atoms. The zero-order valence-corrected chi connectivity index (χ0v) is 12.7. The van der Waals surface area contributed by atoms with Gasteiger partial charge in [0.05, 0.1) is 10.4 Å². The third-order valence-corrected chi connectivity index (χ3v) is 5.81. The highest BCUT2D eigenvalue weighted by Gasteiger charge is 2.38. The monoisotopic (exact) mass is 325 g/mol. The van der Waals surface area contributed by atoms with Crippen LogP contribution in [0.3, 0.4) is 0 Å². The number of fused-ring (bicyclic) bond motifs is 1. The molecule has 1 saturated heterocycles. The van der Waals surface area contributed by atoms with Crippen LogP contribution in [-0.4, -0.2) is 35.8 Å². The van der Waals surface area contributed by atoms with Crippen molar-refractivity contribution in [2.45, 2.75) is 23.8 Å². The molecule has 1 aromatic heterocycles. The largest absolute Gasteiger partial charge is 0.419 e. The first-order chi connectivity index (χ1) is 10.3. The van der Waals surface area contributed by atoms with Crippen LogP contribution in [0.4, 0.5) is 0 Å². The van der Waals surface area contributed by atoms with Crippen LogP contribution in [0.15, 0.2) is 32.3 Å². The van der Waals surface area contributed by atoms with Crippen molar-refractivity contribution in [3.05, 3.63) is 28.7 Å². The number of aromatic nitrogens is 1. The normalized spacial score (nSPS) is 19.8. The maximum Gasteiger partial charge on any atom is 0.419 e. The van der Waals surface area contributed by atoms with Gasteiger partial charge in [0.25, 0.3) is 0 Å². The lowest BCUT2D eigenvalue weighted by molar-refractivity contribution is -0.121. The van der Waals surface area contributed by atoms with Gasteiger partial charge in [-0.1, -0.05) is 0 Å². The molecule has 0 unspecified atom stereocenters. The van der Waals surface area contributed by atoms with Crippen molar-refractivity contribution in [2.75, 3.05) is 6.54 Å². The molecule has 1 aromatic carbocycles. The van der Waals surface area contributed by atoms with Gasteiger partial charge in [0.15, 0.2) is 5.58 Å². The number of benzene rings is 1. The Labute approximate surface area is 126 Å². The molecular weight excluding hydrogens is 310 g/mol. The summed E-state index contributed by atoms with van der Waals surface area (Å²) in [7, 11) is -2.33. The van der Waals surface area contributed by atoms with Crippen LogP contribution in [0, 0.1) is 0 Å². The first-order valence-corrected chi connectivity index (χ1v) is 8.17. The van der Waals surface area contributed by atoms with E-state index >= 15 is 0 Å². The van der Waals surface area contributed by atoms with Crippen molar-refractivity contribution in [2.24, 2.45) is 12.8 Å². The molecule has 1 aliphatic heterocycles. The molecule has 3 rings (SSSR count). The van der Waals surface area contributed by atoms with Crippen LogP contribution >= 0.6 is 0 Å². The van der Waals surface area contributed by atoms with E-state index in [0.29, 0.717) is 18.4 Å². The second-order valence-electron chi connectivity index (χ2n) is 5.23. The van der Waals surface area contributed by atoms with Gasteiger partial charge >= 0.3 is 5.76 Å². The van der Waals surface area contributed by atoms with Crippen LogP contribution in [0.1, 0.15) is 12.8 Å². The molecular formula is C13H15N3O5S. The summed E-state index contributed by atoms with van der Waals surface area (Å²) in [4.78, 5) is 22.9. The van der Waals surface area contributed by atoms with E-state index in [-0.39, 0.29) is 17.0 Å². The Balaban J connectivity index is 2.09. The van der Waals surface area contributed by atoms with E-state index in [1.807, 2.05) is 0 Å². The summed E-state index contributed by atoms with van der Waals surface area (Å²) in [5.74, 6) is -1.23. The molecule has 22 heavy (non-hydrogen) atoms. The van der Waals surface area contributed by atoms with Crippen molar-refractivity contribution < 1.29 is 17.6 Å². The molecule has 2 N–H and O–H groups in total. The first kappa shape index (κ1) is 14.8. The number of amides is 1. The summed E-state index contributed by atoms with van der Waals surface area (Å²) in [6.07, 6.45) is 0.993. The van der Waals surface area contributed by atoms with Crippen LogP contribution in [0.2, 0.25) is 0 Å². The Morgan fingerprint density at radius 1 is 1.41 bits per heavy atom. The number of aryl methyl sites for hydroxylation is 1. The van der Waals surface area contributed by atoms with Gasteiger partial charge in [0, 0.05) is 19.7 Å². The lowest BCUT2D eigenvalue weighted by Crippen LogP contribution is -2.43. The Morgan fingerprint density at radius 2 is 2.14 bits per heavy atom. The van der Waals surface area contributed by atoms with Crippen LogP contribution in [-0.2, 0) is 21.9 Å². The smallest absolute Gasteiger partial charge is 0.408 e. The Kier molecular flexibility index (Phi) is 3.33. The molecule has 1 fully saturated rings. The highest BCUT2D eigenvalue weighted by atomic mass is 32.2. The fourth-order valence-electron chi connectivity index (χ4n) is 2.72. The van der Waals surface area contributed by atoms with Crippen molar-refractivity contribution in [3.63, 3.8) is 0 Å². The number of rotatable bonds is 3. The summed E-state index contributed by atoms with van der Waals surface area (Å²) in [5.41, 5.74) is 5.95. The van der Waals surface area contributed by atoms with Gasteiger partial charge in [-0.15, -0.1) is 0 Å². The highest BCUT2D eigenvalue weighted by molar-refractivity contribution is 7.89. The summed E-state index contributed by atoms with van der Waals surface area (Å²) < 4.78 is 32.8. The second kappa shape index (κ2) is 4.96. The van der Waals surface area contributed by atoms with Gasteiger partial charge in [-0.2, -0.15) is 4.31 Å². The third-order valence-electron chi connectivity index (χ3n) is 3.90. The minimum Gasteiger partial charge on any atom is -0.408 e. The zero-order chi connectivity index (χ0) is 16.1. The fraction of sp³-hybridized carbons (Fsp3) is 0.385. The minimum atomic E-state index is -3.87. The molecule has 1 atom stereocenters. The number of nitrogens with zero attached hydrogens (tertiary/aromatic N) is 2. The van der Waals surface area contributed by atoms with Crippen LogP contribution < -0.4 is 11.5 Å². The molecule has 0 bridgehead atoms. The SMILES string of the molecule is Cn1c(=O)oc2cc(S(=O)(=O)N3CCC[C@H]3C(N)=O)ccc21. The standard InChI is InChI=1S/C13H15N3O5S/c1-15-9-5-4-8(7-11(9)21-13(15)18)22(19,20)16-6-2-3-10(16)12(14)17/h4-5,7,10H,2-3,6H2,1H3,(H2,14,17)/t10-/m0/s1. The third kappa shape index (κ3) is 2.13. The Bertz CT molecular complexity index is 911. The number of nitrogens with two attached hydrogens (primary N) is 1. The van der Waals surface area contributed by atoms with Gasteiger partial charge in [0.2, 0.25) is 15.9 Å². The molecule has 2 aromatic rings. The summed E-state index contributed by atoms with van der Waals surface area (Å²) in [6, 6.07) is 3.36. The second-order valence-corrected chi connectivity index (χ2v) is 7.12. The van der Waals surface area contributed by atoms with Gasteiger partial charge < -0.3 is 10.2 Å². The van der Waals surface area contributed by atoms with Crippen LogP contribution in [0.25, 0.3) is 11.1 Å². The number of carbonyl (C=O) groups excluding carboxylic acids is 1. The van der Waals surface area contributed by atoms with Gasteiger partial charge in [0.1, 0.15) is 6.04 Å². The van der Waals surface area contributed by atoms with E-state index in [0.717, 1.165) is 4.31 Å². The van der Waals surface area contributed by atoms with E-state index < -0.39 is 27.7 Å². The zero-order valence-electron chi connectivity index (χ0n) is 11.9. The molecule has 1 aliphatic rings. The average Bonchev–Trinajstić information content (AvgIpc) is 3.05. The number of primary amides is 1. The van der Waals surface area contributed by atoms with E-state index in [4.69, 9.17) is 10.2 Å². The first-order valence-electron chi connectivity index (χ1n) is 6.73. The molecule has 0 aliphatic carbocycles. The highest BCUT2D eigenvalue weighted by Crippen LogP contribution is 2.27. The molecule has 0 radical (unpaired) electrons. The minimum absolute atomic E-state index is 0.0255. The number of hydrogen-bond acceptors (Lipinski definition) is 5. The quantitative estimate of drug-likeness (QED) is 0.837. The number of hydrogen-bond donors (Lipinski definition) is 1. The van der Waals surface area contributed by atoms with Gasteiger partial charge in [-0.3, -0.25) is 9.36 Å². The number of oxazole rings is 1. The topological polar surface area (TPSA) is 116 Å². The molecule has 1 amide bonds. The van der Waals surface area contributed by atoms with E-state index in [1.54, 1.807) is 0 Å². The fourth-order valence-corrected chi connectivity index (χ4v) is 4.40. The van der Waals surface area contributed by atoms with Crippen LogP contribution in [0.5, 0.6) is 0 Å². The maximum atomic E-state index is 12.7. The molecule has 0 saturated carbocycles. The molecule has 2 heterocycles. The summed E-state index contributed by atoms with van der Waals surface area (Å²) in [5, 5.41) is 0. The lowest BCUT2D eigenvalue weighted by atomic mass is 10.2. The molecule has 8 nitrogen and oxygen atoms in total. The van der Waals surface area contributed by atoms with Crippen molar-refractivity contribution in [1.82, 2.24) is 8.87 Å². The average molecular weight is 325 g/mol. The lowest BCUT2D eigenvalue weighted by Gasteiger charge is -2.21. The Hall–Kier alpha value is -2.13. The molecule has 118 valence electrons.